The third kappa shape index (κ3) is 2.17. The van der Waals surface area contributed by atoms with Gasteiger partial charge in [0, 0.05) is 11.4 Å². The van der Waals surface area contributed by atoms with E-state index in [1.54, 1.807) is 17.7 Å². The fourth-order valence-electron chi connectivity index (χ4n) is 3.73. The molecule has 1 saturated heterocycles. The molecule has 1 fully saturated rings. The summed E-state index contributed by atoms with van der Waals surface area (Å²) in [5.41, 5.74) is 1.37. The number of hydrogen-bond donors (Lipinski definition) is 1. The normalized spacial score (nSPS) is 21.8. The van der Waals surface area contributed by atoms with Crippen LogP contribution in [0.2, 0.25) is 0 Å². The molecule has 0 bridgehead atoms. The van der Waals surface area contributed by atoms with Crippen LogP contribution in [0, 0.1) is 0 Å². The number of fused-ring (bicyclic) bond motifs is 3. The molecule has 2 aromatic heterocycles. The van der Waals surface area contributed by atoms with Crippen molar-refractivity contribution >= 4 is 33.3 Å². The molecule has 1 N–H and O–H groups in total. The summed E-state index contributed by atoms with van der Waals surface area (Å²) in [4.78, 5) is 25.0. The van der Waals surface area contributed by atoms with Crippen LogP contribution in [0.1, 0.15) is 42.5 Å². The molecule has 6 heteroatoms. The van der Waals surface area contributed by atoms with Crippen molar-refractivity contribution in [3.05, 3.63) is 16.8 Å². The van der Waals surface area contributed by atoms with Crippen LogP contribution in [-0.4, -0.2) is 33.6 Å². The monoisotopic (exact) mass is 317 g/mol. The van der Waals surface area contributed by atoms with Crippen molar-refractivity contribution in [1.29, 1.82) is 0 Å². The van der Waals surface area contributed by atoms with E-state index in [0.717, 1.165) is 48.3 Å². The Morgan fingerprint density at radius 2 is 2.09 bits per heavy atom. The minimum Gasteiger partial charge on any atom is -0.480 e. The molecule has 2 aromatic rings. The Morgan fingerprint density at radius 3 is 2.95 bits per heavy atom. The molecule has 2 aliphatic rings. The molecule has 0 radical (unpaired) electrons. The highest BCUT2D eigenvalue weighted by Gasteiger charge is 2.32. The van der Waals surface area contributed by atoms with Crippen molar-refractivity contribution in [3.8, 4) is 0 Å². The Hall–Kier alpha value is -1.69. The van der Waals surface area contributed by atoms with Crippen LogP contribution in [0.25, 0.3) is 10.2 Å². The first-order chi connectivity index (χ1) is 10.8. The summed E-state index contributed by atoms with van der Waals surface area (Å²) in [7, 11) is 0. The van der Waals surface area contributed by atoms with Gasteiger partial charge in [0.1, 0.15) is 23.0 Å². The van der Waals surface area contributed by atoms with Gasteiger partial charge in [0.25, 0.3) is 0 Å². The SMILES string of the molecule is O=C(O)C1CCCCN1c1ncnc2sc3c(c12)CCCC3. The number of aryl methyl sites for hydroxylation is 2. The molecule has 116 valence electrons. The average molecular weight is 317 g/mol. The van der Waals surface area contributed by atoms with Gasteiger partial charge in [0.05, 0.1) is 5.39 Å². The molecule has 1 aliphatic carbocycles. The fraction of sp³-hybridized carbons (Fsp3) is 0.562. The summed E-state index contributed by atoms with van der Waals surface area (Å²) < 4.78 is 0. The lowest BCUT2D eigenvalue weighted by molar-refractivity contribution is -0.139. The zero-order valence-electron chi connectivity index (χ0n) is 12.4. The van der Waals surface area contributed by atoms with E-state index in [-0.39, 0.29) is 0 Å². The third-order valence-electron chi connectivity index (χ3n) is 4.79. The van der Waals surface area contributed by atoms with Crippen LogP contribution in [0.3, 0.4) is 0 Å². The molecule has 0 aromatic carbocycles. The van der Waals surface area contributed by atoms with E-state index in [1.807, 2.05) is 4.90 Å². The zero-order valence-corrected chi connectivity index (χ0v) is 13.2. The van der Waals surface area contributed by atoms with Crippen LogP contribution >= 0.6 is 11.3 Å². The molecule has 1 atom stereocenters. The molecule has 0 amide bonds. The minimum absolute atomic E-state index is 0.453. The van der Waals surface area contributed by atoms with Crippen LogP contribution in [-0.2, 0) is 17.6 Å². The molecule has 0 spiro atoms. The number of aliphatic carboxylic acids is 1. The predicted octanol–water partition coefficient (Wildman–Crippen LogP) is 3.01. The van der Waals surface area contributed by atoms with E-state index in [9.17, 15) is 9.90 Å². The minimum atomic E-state index is -0.740. The van der Waals surface area contributed by atoms with E-state index in [0.29, 0.717) is 6.42 Å². The highest BCUT2D eigenvalue weighted by atomic mass is 32.1. The number of aromatic nitrogens is 2. The van der Waals surface area contributed by atoms with Gasteiger partial charge in [-0.05, 0) is 50.5 Å². The molecule has 22 heavy (non-hydrogen) atoms. The lowest BCUT2D eigenvalue weighted by Crippen LogP contribution is -2.45. The van der Waals surface area contributed by atoms with Crippen molar-refractivity contribution < 1.29 is 9.90 Å². The first-order valence-corrected chi connectivity index (χ1v) is 8.82. The Bertz CT molecular complexity index is 727. The molecule has 5 nitrogen and oxygen atoms in total. The maximum Gasteiger partial charge on any atom is 0.326 e. The summed E-state index contributed by atoms with van der Waals surface area (Å²) in [6.45, 7) is 0.772. The van der Waals surface area contributed by atoms with Gasteiger partial charge >= 0.3 is 5.97 Å². The maximum absolute atomic E-state index is 11.6. The van der Waals surface area contributed by atoms with Crippen molar-refractivity contribution in [3.63, 3.8) is 0 Å². The van der Waals surface area contributed by atoms with Gasteiger partial charge in [-0.2, -0.15) is 0 Å². The highest BCUT2D eigenvalue weighted by molar-refractivity contribution is 7.19. The highest BCUT2D eigenvalue weighted by Crippen LogP contribution is 2.40. The Kier molecular flexibility index (Phi) is 3.48. The molecule has 4 rings (SSSR count). The largest absolute Gasteiger partial charge is 0.480 e. The molecule has 0 saturated carbocycles. The van der Waals surface area contributed by atoms with Gasteiger partial charge in [-0.3, -0.25) is 0 Å². The van der Waals surface area contributed by atoms with Crippen molar-refractivity contribution in [2.45, 2.75) is 51.0 Å². The van der Waals surface area contributed by atoms with E-state index in [1.165, 1.54) is 23.3 Å². The number of thiophene rings is 1. The first-order valence-electron chi connectivity index (χ1n) is 8.00. The van der Waals surface area contributed by atoms with E-state index in [2.05, 4.69) is 9.97 Å². The molecule has 3 heterocycles. The Balaban J connectivity index is 1.87. The van der Waals surface area contributed by atoms with E-state index in [4.69, 9.17) is 0 Å². The zero-order chi connectivity index (χ0) is 15.1. The summed E-state index contributed by atoms with van der Waals surface area (Å²) in [5, 5.41) is 10.7. The van der Waals surface area contributed by atoms with E-state index >= 15 is 0 Å². The molecule has 1 unspecified atom stereocenters. The van der Waals surface area contributed by atoms with Gasteiger partial charge in [-0.15, -0.1) is 11.3 Å². The van der Waals surface area contributed by atoms with Crippen molar-refractivity contribution in [2.24, 2.45) is 0 Å². The van der Waals surface area contributed by atoms with Gasteiger partial charge in [-0.1, -0.05) is 0 Å². The third-order valence-corrected chi connectivity index (χ3v) is 5.99. The Labute approximate surface area is 133 Å². The lowest BCUT2D eigenvalue weighted by atomic mass is 9.96. The second-order valence-corrected chi connectivity index (χ2v) is 7.22. The number of carbonyl (C=O) groups is 1. The van der Waals surface area contributed by atoms with Gasteiger partial charge in [-0.25, -0.2) is 14.8 Å². The average Bonchev–Trinajstić information content (AvgIpc) is 2.93. The first kappa shape index (κ1) is 13.9. The fourth-order valence-corrected chi connectivity index (χ4v) is 4.96. The topological polar surface area (TPSA) is 66.3 Å². The summed E-state index contributed by atoms with van der Waals surface area (Å²) in [6, 6.07) is -0.453. The number of carboxylic acids is 1. The van der Waals surface area contributed by atoms with Crippen LogP contribution < -0.4 is 4.90 Å². The number of carboxylic acid groups (broad SMARTS) is 1. The molecular weight excluding hydrogens is 298 g/mol. The van der Waals surface area contributed by atoms with E-state index < -0.39 is 12.0 Å². The van der Waals surface area contributed by atoms with Crippen LogP contribution in [0.4, 0.5) is 5.82 Å². The summed E-state index contributed by atoms with van der Waals surface area (Å²) in [5.74, 6) is 0.104. The Morgan fingerprint density at radius 1 is 1.23 bits per heavy atom. The summed E-state index contributed by atoms with van der Waals surface area (Å²) >= 11 is 1.76. The standard InChI is InChI=1S/C16H19N3O2S/c20-16(21)11-6-3-4-8-19(11)14-13-10-5-1-2-7-12(10)22-15(13)18-9-17-14/h9,11H,1-8H2,(H,20,21). The number of anilines is 1. The second kappa shape index (κ2) is 5.50. The van der Waals surface area contributed by atoms with Gasteiger partial charge in [0.2, 0.25) is 0 Å². The number of rotatable bonds is 2. The van der Waals surface area contributed by atoms with Crippen molar-refractivity contribution in [2.75, 3.05) is 11.4 Å². The quantitative estimate of drug-likeness (QED) is 0.922. The molecule has 1 aliphatic heterocycles. The number of piperidine rings is 1. The second-order valence-electron chi connectivity index (χ2n) is 6.13. The van der Waals surface area contributed by atoms with Gasteiger partial charge in [0.15, 0.2) is 0 Å². The predicted molar refractivity (Wildman–Crippen MR) is 86.7 cm³/mol. The van der Waals surface area contributed by atoms with Crippen LogP contribution in [0.5, 0.6) is 0 Å². The maximum atomic E-state index is 11.6. The lowest BCUT2D eigenvalue weighted by Gasteiger charge is -2.34. The molecular formula is C16H19N3O2S. The van der Waals surface area contributed by atoms with Crippen LogP contribution in [0.15, 0.2) is 6.33 Å². The number of hydrogen-bond acceptors (Lipinski definition) is 5. The summed E-state index contributed by atoms with van der Waals surface area (Å²) in [6.07, 6.45) is 8.93. The smallest absolute Gasteiger partial charge is 0.326 e. The number of nitrogens with zero attached hydrogens (tertiary/aromatic N) is 3. The van der Waals surface area contributed by atoms with Gasteiger partial charge < -0.3 is 10.0 Å². The van der Waals surface area contributed by atoms with Crippen molar-refractivity contribution in [1.82, 2.24) is 9.97 Å².